The summed E-state index contributed by atoms with van der Waals surface area (Å²) in [5, 5.41) is 14.4. The van der Waals surface area contributed by atoms with Crippen LogP contribution in [0.1, 0.15) is 55.7 Å². The minimum atomic E-state index is -1.00. The Bertz CT molecular complexity index is 1020. The predicted octanol–water partition coefficient (Wildman–Crippen LogP) is 4.25. The summed E-state index contributed by atoms with van der Waals surface area (Å²) in [6.07, 6.45) is 7.30. The molecule has 31 heavy (non-hydrogen) atoms. The van der Waals surface area contributed by atoms with E-state index in [-0.39, 0.29) is 12.1 Å². The molecule has 0 radical (unpaired) electrons. The first-order valence-electron chi connectivity index (χ1n) is 11.4. The summed E-state index contributed by atoms with van der Waals surface area (Å²) in [5.41, 5.74) is 3.03. The Hall–Kier alpha value is -1.63. The Labute approximate surface area is 190 Å². The number of rotatable bonds is 5. The lowest BCUT2D eigenvalue weighted by Crippen LogP contribution is -2.61. The number of aliphatic hydroxyl groups is 1. The third-order valence-corrected chi connectivity index (χ3v) is 9.58. The van der Waals surface area contributed by atoms with Crippen LogP contribution in [-0.2, 0) is 17.2 Å². The Balaban J connectivity index is 1.28. The summed E-state index contributed by atoms with van der Waals surface area (Å²) < 4.78 is 12.7. The van der Waals surface area contributed by atoms with Gasteiger partial charge in [-0.2, -0.15) is 0 Å². The lowest BCUT2D eigenvalue weighted by atomic mass is 9.71. The standard InChI is InChI=1S/C24H28ClN3O2S/c25-17-4-2-15(3-5-17)16-10-18-12-19(11-16)28(18)22-13-21(27-24(14-29)7-1-8-24)23-20(26-22)6-9-31(23)30/h2-5,13,16,18-19,29H,1,6-12,14H2,(H,26,27)/t16?,18?,19?,31-/m1/s1. The molecule has 3 atom stereocenters. The van der Waals surface area contributed by atoms with Gasteiger partial charge < -0.3 is 15.3 Å². The van der Waals surface area contributed by atoms with Gasteiger partial charge in [0.05, 0.1) is 39.2 Å². The summed E-state index contributed by atoms with van der Waals surface area (Å²) >= 11 is 6.07. The molecule has 5 nitrogen and oxygen atoms in total. The van der Waals surface area contributed by atoms with Crippen molar-refractivity contribution in [3.05, 3.63) is 46.6 Å². The predicted molar refractivity (Wildman–Crippen MR) is 125 cm³/mol. The van der Waals surface area contributed by atoms with E-state index in [4.69, 9.17) is 16.6 Å². The van der Waals surface area contributed by atoms with Crippen molar-refractivity contribution >= 4 is 33.9 Å². The van der Waals surface area contributed by atoms with Gasteiger partial charge >= 0.3 is 0 Å². The van der Waals surface area contributed by atoms with Crippen molar-refractivity contribution in [3.8, 4) is 0 Å². The first-order chi connectivity index (χ1) is 15.0. The van der Waals surface area contributed by atoms with Crippen LogP contribution in [0.5, 0.6) is 0 Å². The molecule has 1 aromatic heterocycles. The number of benzene rings is 1. The average Bonchev–Trinajstić information content (AvgIpc) is 3.12. The van der Waals surface area contributed by atoms with E-state index in [1.54, 1.807) is 0 Å². The van der Waals surface area contributed by atoms with E-state index >= 15 is 0 Å². The van der Waals surface area contributed by atoms with E-state index in [0.29, 0.717) is 23.8 Å². The molecule has 2 unspecified atom stereocenters. The number of hydrogen-bond donors (Lipinski definition) is 2. The fourth-order valence-corrected chi connectivity index (χ4v) is 7.45. The number of nitrogens with zero attached hydrogens (tertiary/aromatic N) is 2. The van der Waals surface area contributed by atoms with Crippen LogP contribution in [0.2, 0.25) is 5.02 Å². The van der Waals surface area contributed by atoms with E-state index in [1.165, 1.54) is 12.0 Å². The van der Waals surface area contributed by atoms with Gasteiger partial charge in [-0.15, -0.1) is 0 Å². The molecule has 2 aromatic rings. The molecule has 0 spiro atoms. The van der Waals surface area contributed by atoms with Crippen LogP contribution in [0.3, 0.4) is 0 Å². The van der Waals surface area contributed by atoms with Crippen molar-refractivity contribution in [3.63, 3.8) is 0 Å². The number of aliphatic hydroxyl groups excluding tert-OH is 1. The highest BCUT2D eigenvalue weighted by Gasteiger charge is 2.47. The molecule has 2 bridgehead atoms. The minimum absolute atomic E-state index is 0.115. The molecule has 0 amide bonds. The maximum absolute atomic E-state index is 12.7. The van der Waals surface area contributed by atoms with Crippen molar-refractivity contribution in [2.24, 2.45) is 0 Å². The van der Waals surface area contributed by atoms with Gasteiger partial charge in [-0.1, -0.05) is 23.7 Å². The van der Waals surface area contributed by atoms with Crippen molar-refractivity contribution < 1.29 is 9.32 Å². The van der Waals surface area contributed by atoms with Crippen molar-refractivity contribution in [1.82, 2.24) is 4.98 Å². The van der Waals surface area contributed by atoms with E-state index in [9.17, 15) is 9.32 Å². The average molecular weight is 458 g/mol. The zero-order valence-corrected chi connectivity index (χ0v) is 19.1. The van der Waals surface area contributed by atoms with Gasteiger partial charge in [0, 0.05) is 35.3 Å². The fraction of sp³-hybridized carbons (Fsp3) is 0.542. The first kappa shape index (κ1) is 20.0. The smallest absolute Gasteiger partial charge is 0.131 e. The molecule has 7 rings (SSSR count). The molecule has 2 aliphatic carbocycles. The van der Waals surface area contributed by atoms with Crippen LogP contribution in [0.25, 0.3) is 0 Å². The van der Waals surface area contributed by atoms with E-state index in [2.05, 4.69) is 28.4 Å². The summed E-state index contributed by atoms with van der Waals surface area (Å²) in [6, 6.07) is 11.4. The van der Waals surface area contributed by atoms with Crippen LogP contribution >= 0.6 is 11.6 Å². The Morgan fingerprint density at radius 1 is 1.19 bits per heavy atom. The molecular formula is C24H28ClN3O2S. The number of aromatic nitrogens is 1. The van der Waals surface area contributed by atoms with Gasteiger partial charge in [0.25, 0.3) is 0 Å². The fourth-order valence-electron chi connectivity index (χ4n) is 5.98. The monoisotopic (exact) mass is 457 g/mol. The first-order valence-corrected chi connectivity index (χ1v) is 13.1. The van der Waals surface area contributed by atoms with Crippen LogP contribution in [0.4, 0.5) is 11.5 Å². The van der Waals surface area contributed by atoms with Crippen molar-refractivity contribution in [1.29, 1.82) is 0 Å². The van der Waals surface area contributed by atoms with Gasteiger partial charge in [0.2, 0.25) is 0 Å². The van der Waals surface area contributed by atoms with Crippen molar-refractivity contribution in [2.45, 2.75) is 73.4 Å². The molecule has 1 aromatic carbocycles. The highest BCUT2D eigenvalue weighted by atomic mass is 35.5. The lowest BCUT2D eigenvalue weighted by Gasteiger charge is -2.56. The Morgan fingerprint density at radius 3 is 2.58 bits per heavy atom. The number of anilines is 2. The zero-order chi connectivity index (χ0) is 21.2. The Kier molecular flexibility index (Phi) is 4.82. The largest absolute Gasteiger partial charge is 0.394 e. The number of fused-ring (bicyclic) bond motifs is 3. The second-order valence-electron chi connectivity index (χ2n) is 9.69. The maximum atomic E-state index is 12.7. The number of halogens is 1. The van der Waals surface area contributed by atoms with Gasteiger partial charge in [-0.25, -0.2) is 4.98 Å². The lowest BCUT2D eigenvalue weighted by molar-refractivity contribution is 0.144. The number of piperidine rings is 1. The number of hydrogen-bond acceptors (Lipinski definition) is 5. The minimum Gasteiger partial charge on any atom is -0.394 e. The molecular weight excluding hydrogens is 430 g/mol. The second-order valence-corrected chi connectivity index (χ2v) is 11.6. The molecule has 2 N–H and O–H groups in total. The zero-order valence-electron chi connectivity index (χ0n) is 17.5. The molecule has 5 aliphatic rings. The van der Waals surface area contributed by atoms with Gasteiger partial charge in [0.15, 0.2) is 0 Å². The van der Waals surface area contributed by atoms with Gasteiger partial charge in [0.1, 0.15) is 5.82 Å². The number of nitrogens with one attached hydrogen (secondary N) is 1. The third-order valence-electron chi connectivity index (χ3n) is 7.84. The summed E-state index contributed by atoms with van der Waals surface area (Å²) in [5.74, 6) is 2.24. The molecule has 7 heteroatoms. The van der Waals surface area contributed by atoms with E-state index in [0.717, 1.165) is 65.6 Å². The molecule has 2 saturated heterocycles. The van der Waals surface area contributed by atoms with E-state index in [1.807, 2.05) is 12.1 Å². The van der Waals surface area contributed by atoms with Crippen molar-refractivity contribution in [2.75, 3.05) is 22.6 Å². The summed E-state index contributed by atoms with van der Waals surface area (Å²) in [4.78, 5) is 8.35. The number of pyridine rings is 1. The third kappa shape index (κ3) is 3.30. The Morgan fingerprint density at radius 2 is 1.94 bits per heavy atom. The van der Waals surface area contributed by atoms with Gasteiger partial charge in [-0.05, 0) is 62.1 Å². The van der Waals surface area contributed by atoms with Gasteiger partial charge in [-0.3, -0.25) is 4.21 Å². The summed E-state index contributed by atoms with van der Waals surface area (Å²) in [7, 11) is -1.00. The van der Waals surface area contributed by atoms with E-state index < -0.39 is 10.8 Å². The van der Waals surface area contributed by atoms with Crippen LogP contribution in [-0.4, -0.2) is 44.3 Å². The van der Waals surface area contributed by atoms with Crippen LogP contribution < -0.4 is 10.2 Å². The molecule has 3 aliphatic heterocycles. The normalized spacial score (nSPS) is 30.3. The SMILES string of the molecule is O=[S@@]1CCc2nc(N3C4CC(c5ccc(Cl)cc5)CC3C4)cc(NC3(CO)CCC3)c21. The topological polar surface area (TPSA) is 65.5 Å². The second kappa shape index (κ2) is 7.46. The molecule has 164 valence electrons. The van der Waals surface area contributed by atoms with Crippen LogP contribution in [0, 0.1) is 0 Å². The summed E-state index contributed by atoms with van der Waals surface area (Å²) in [6.45, 7) is 0.115. The highest BCUT2D eigenvalue weighted by Crippen LogP contribution is 2.49. The molecule has 4 heterocycles. The quantitative estimate of drug-likeness (QED) is 0.702. The van der Waals surface area contributed by atoms with Crippen LogP contribution in [0.15, 0.2) is 35.2 Å². The highest BCUT2D eigenvalue weighted by molar-refractivity contribution is 7.85. The molecule has 4 fully saturated rings. The maximum Gasteiger partial charge on any atom is 0.131 e. The molecule has 2 saturated carbocycles. The number of aryl methyl sites for hydroxylation is 1.